The standard InChI is InChI=1S/C10H15N5OS/c1-2-3-4-13-10-7(8(11)16)14-5-6(15-10)9(12)17/h5H,2-4H2,1H3,(H2,11,16)(H2,12,17)(H,13,15). The first kappa shape index (κ1) is 13.3. The molecule has 0 spiro atoms. The first-order valence-corrected chi connectivity index (χ1v) is 5.67. The number of nitrogens with zero attached hydrogens (tertiary/aromatic N) is 2. The molecule has 1 aromatic heterocycles. The molecule has 0 atom stereocenters. The predicted octanol–water partition coefficient (Wildman–Crippen LogP) is 0.422. The number of amides is 1. The van der Waals surface area contributed by atoms with E-state index in [1.807, 2.05) is 0 Å². The lowest BCUT2D eigenvalue weighted by molar-refractivity contribution is 0.0996. The molecule has 0 aromatic carbocycles. The van der Waals surface area contributed by atoms with Crippen molar-refractivity contribution in [2.75, 3.05) is 11.9 Å². The van der Waals surface area contributed by atoms with Crippen molar-refractivity contribution in [3.8, 4) is 0 Å². The second-order valence-corrected chi connectivity index (χ2v) is 3.90. The van der Waals surface area contributed by atoms with Crippen LogP contribution in [-0.2, 0) is 0 Å². The average Bonchev–Trinajstić information content (AvgIpc) is 2.28. The highest BCUT2D eigenvalue weighted by Crippen LogP contribution is 2.10. The van der Waals surface area contributed by atoms with Gasteiger partial charge in [-0.15, -0.1) is 0 Å². The predicted molar refractivity (Wildman–Crippen MR) is 69.8 cm³/mol. The van der Waals surface area contributed by atoms with Gasteiger partial charge in [-0.25, -0.2) is 9.97 Å². The molecule has 5 N–H and O–H groups in total. The Bertz CT molecular complexity index is 435. The van der Waals surface area contributed by atoms with E-state index in [-0.39, 0.29) is 10.7 Å². The van der Waals surface area contributed by atoms with E-state index in [2.05, 4.69) is 22.2 Å². The topological polar surface area (TPSA) is 107 Å². The summed E-state index contributed by atoms with van der Waals surface area (Å²) in [7, 11) is 0. The molecule has 0 aliphatic heterocycles. The van der Waals surface area contributed by atoms with Gasteiger partial charge in [-0.2, -0.15) is 0 Å². The maximum absolute atomic E-state index is 11.2. The minimum Gasteiger partial charge on any atom is -0.388 e. The molecule has 0 aliphatic rings. The Labute approximate surface area is 105 Å². The van der Waals surface area contributed by atoms with Crippen molar-refractivity contribution in [3.05, 3.63) is 17.6 Å². The normalized spacial score (nSPS) is 9.94. The van der Waals surface area contributed by atoms with Crippen LogP contribution in [0.15, 0.2) is 6.20 Å². The van der Waals surface area contributed by atoms with Gasteiger partial charge >= 0.3 is 0 Å². The quantitative estimate of drug-likeness (QED) is 0.501. The zero-order valence-corrected chi connectivity index (χ0v) is 10.4. The Kier molecular flexibility index (Phi) is 4.77. The molecule has 0 saturated heterocycles. The Morgan fingerprint density at radius 1 is 1.53 bits per heavy atom. The monoisotopic (exact) mass is 253 g/mol. The number of hydrogen-bond acceptors (Lipinski definition) is 5. The van der Waals surface area contributed by atoms with Crippen molar-refractivity contribution in [1.29, 1.82) is 0 Å². The summed E-state index contributed by atoms with van der Waals surface area (Å²) in [6, 6.07) is 0. The minimum atomic E-state index is -0.633. The van der Waals surface area contributed by atoms with Crippen molar-refractivity contribution in [2.45, 2.75) is 19.8 Å². The van der Waals surface area contributed by atoms with Crippen molar-refractivity contribution in [2.24, 2.45) is 11.5 Å². The first-order chi connectivity index (χ1) is 8.06. The zero-order chi connectivity index (χ0) is 12.8. The SMILES string of the molecule is CCCCNc1nc(C(N)=S)cnc1C(N)=O. The molecule has 6 nitrogen and oxygen atoms in total. The highest BCUT2D eigenvalue weighted by molar-refractivity contribution is 7.80. The Morgan fingerprint density at radius 3 is 2.76 bits per heavy atom. The van der Waals surface area contributed by atoms with Crippen LogP contribution < -0.4 is 16.8 Å². The summed E-state index contributed by atoms with van der Waals surface area (Å²) in [5.41, 5.74) is 11.1. The molecule has 0 bridgehead atoms. The summed E-state index contributed by atoms with van der Waals surface area (Å²) in [5, 5.41) is 3.00. The summed E-state index contributed by atoms with van der Waals surface area (Å²) < 4.78 is 0. The molecule has 0 saturated carbocycles. The van der Waals surface area contributed by atoms with E-state index in [1.165, 1.54) is 6.20 Å². The highest BCUT2D eigenvalue weighted by Gasteiger charge is 2.13. The summed E-state index contributed by atoms with van der Waals surface area (Å²) in [6.45, 7) is 2.75. The lowest BCUT2D eigenvalue weighted by atomic mass is 10.3. The van der Waals surface area contributed by atoms with E-state index >= 15 is 0 Å². The van der Waals surface area contributed by atoms with Gasteiger partial charge in [0.05, 0.1) is 6.20 Å². The molecule has 0 unspecified atom stereocenters. The number of hydrogen-bond donors (Lipinski definition) is 3. The van der Waals surface area contributed by atoms with Gasteiger partial charge in [0.2, 0.25) is 0 Å². The molecule has 0 fully saturated rings. The number of primary amides is 1. The van der Waals surface area contributed by atoms with E-state index < -0.39 is 5.91 Å². The Hall–Kier alpha value is -1.76. The third-order valence-electron chi connectivity index (χ3n) is 2.08. The van der Waals surface area contributed by atoms with Gasteiger partial charge in [0.25, 0.3) is 5.91 Å². The number of carbonyl (C=O) groups excluding carboxylic acids is 1. The van der Waals surface area contributed by atoms with Crippen LogP contribution in [0, 0.1) is 0 Å². The van der Waals surface area contributed by atoms with E-state index in [9.17, 15) is 4.79 Å². The van der Waals surface area contributed by atoms with E-state index in [1.54, 1.807) is 0 Å². The summed E-state index contributed by atoms with van der Waals surface area (Å²) >= 11 is 4.80. The lowest BCUT2D eigenvalue weighted by Gasteiger charge is -2.09. The van der Waals surface area contributed by atoms with Crippen LogP contribution in [0.5, 0.6) is 0 Å². The second kappa shape index (κ2) is 6.09. The van der Waals surface area contributed by atoms with Crippen molar-refractivity contribution < 1.29 is 4.79 Å². The number of carbonyl (C=O) groups is 1. The number of unbranched alkanes of at least 4 members (excludes halogenated alkanes) is 1. The van der Waals surface area contributed by atoms with Crippen LogP contribution >= 0.6 is 12.2 Å². The number of rotatable bonds is 6. The maximum Gasteiger partial charge on any atom is 0.271 e. The van der Waals surface area contributed by atoms with Crippen LogP contribution in [0.25, 0.3) is 0 Å². The van der Waals surface area contributed by atoms with Gasteiger partial charge in [0, 0.05) is 6.54 Å². The summed E-state index contributed by atoms with van der Waals surface area (Å²) in [6.07, 6.45) is 3.33. The molecule has 7 heteroatoms. The molecule has 0 radical (unpaired) electrons. The van der Waals surface area contributed by atoms with Gasteiger partial charge in [0.15, 0.2) is 11.5 Å². The fourth-order valence-electron chi connectivity index (χ4n) is 1.19. The van der Waals surface area contributed by atoms with Gasteiger partial charge in [-0.1, -0.05) is 25.6 Å². The highest BCUT2D eigenvalue weighted by atomic mass is 32.1. The molecule has 1 rings (SSSR count). The van der Waals surface area contributed by atoms with Gasteiger partial charge in [0.1, 0.15) is 10.7 Å². The first-order valence-electron chi connectivity index (χ1n) is 5.26. The largest absolute Gasteiger partial charge is 0.388 e. The van der Waals surface area contributed by atoms with Gasteiger partial charge < -0.3 is 16.8 Å². The van der Waals surface area contributed by atoms with Crippen LogP contribution in [0.2, 0.25) is 0 Å². The third-order valence-corrected chi connectivity index (χ3v) is 2.29. The second-order valence-electron chi connectivity index (χ2n) is 3.46. The maximum atomic E-state index is 11.2. The van der Waals surface area contributed by atoms with Crippen molar-refractivity contribution in [1.82, 2.24) is 9.97 Å². The van der Waals surface area contributed by atoms with Crippen molar-refractivity contribution >= 4 is 28.9 Å². The number of aromatic nitrogens is 2. The molecule has 1 amide bonds. The van der Waals surface area contributed by atoms with Crippen LogP contribution in [0.1, 0.15) is 35.9 Å². The number of nitrogens with one attached hydrogen (secondary N) is 1. The summed E-state index contributed by atoms with van der Waals surface area (Å²) in [5.74, 6) is -0.303. The smallest absolute Gasteiger partial charge is 0.271 e. The average molecular weight is 253 g/mol. The molecule has 1 aromatic rings. The van der Waals surface area contributed by atoms with E-state index in [0.29, 0.717) is 18.1 Å². The number of nitrogens with two attached hydrogens (primary N) is 2. The fraction of sp³-hybridized carbons (Fsp3) is 0.400. The van der Waals surface area contributed by atoms with Gasteiger partial charge in [-0.3, -0.25) is 4.79 Å². The van der Waals surface area contributed by atoms with Gasteiger partial charge in [-0.05, 0) is 6.42 Å². The third kappa shape index (κ3) is 3.63. The van der Waals surface area contributed by atoms with Crippen LogP contribution in [0.4, 0.5) is 5.82 Å². The molecular formula is C10H15N5OS. The number of thiocarbonyl (C=S) groups is 1. The zero-order valence-electron chi connectivity index (χ0n) is 9.56. The lowest BCUT2D eigenvalue weighted by Crippen LogP contribution is -2.21. The van der Waals surface area contributed by atoms with Crippen LogP contribution in [0.3, 0.4) is 0 Å². The van der Waals surface area contributed by atoms with E-state index in [0.717, 1.165) is 12.8 Å². The van der Waals surface area contributed by atoms with Crippen molar-refractivity contribution in [3.63, 3.8) is 0 Å². The molecule has 17 heavy (non-hydrogen) atoms. The molecule has 0 aliphatic carbocycles. The minimum absolute atomic E-state index is 0.0982. The molecule has 92 valence electrons. The summed E-state index contributed by atoms with van der Waals surface area (Å²) in [4.78, 5) is 19.3. The Morgan fingerprint density at radius 2 is 2.24 bits per heavy atom. The molecule has 1 heterocycles. The molecular weight excluding hydrogens is 238 g/mol. The van der Waals surface area contributed by atoms with E-state index in [4.69, 9.17) is 23.7 Å². The number of anilines is 1. The Balaban J connectivity index is 2.98. The fourth-order valence-corrected chi connectivity index (χ4v) is 1.29. The van der Waals surface area contributed by atoms with Crippen LogP contribution in [-0.4, -0.2) is 27.4 Å².